The van der Waals surface area contributed by atoms with Crippen LogP contribution in [0.5, 0.6) is 11.5 Å². The number of hydrogen-bond donors (Lipinski definition) is 0. The molecule has 0 aliphatic carbocycles. The third kappa shape index (κ3) is 4.42. The second-order valence-electron chi connectivity index (χ2n) is 5.82. The molecule has 0 spiro atoms. The van der Waals surface area contributed by atoms with Gasteiger partial charge >= 0.3 is 11.9 Å². The van der Waals surface area contributed by atoms with Crippen molar-refractivity contribution in [2.45, 2.75) is 19.8 Å². The maximum absolute atomic E-state index is 12.6. The number of hydrogen-bond acceptors (Lipinski definition) is 7. The Balaban J connectivity index is 2.66. The summed E-state index contributed by atoms with van der Waals surface area (Å²) in [4.78, 5) is 26.9. The second kappa shape index (κ2) is 9.12. The van der Waals surface area contributed by atoms with E-state index in [1.54, 1.807) is 63.5 Å². The molecule has 0 radical (unpaired) electrons. The summed E-state index contributed by atoms with van der Waals surface area (Å²) in [5.74, 6) is -0.612. The van der Waals surface area contributed by atoms with Crippen LogP contribution >= 0.6 is 0 Å². The van der Waals surface area contributed by atoms with Crippen molar-refractivity contribution >= 4 is 11.9 Å². The van der Waals surface area contributed by atoms with E-state index in [1.165, 1.54) is 7.11 Å². The fourth-order valence-electron chi connectivity index (χ4n) is 2.96. The van der Waals surface area contributed by atoms with E-state index in [1.807, 2.05) is 0 Å². The van der Waals surface area contributed by atoms with Crippen molar-refractivity contribution < 1.29 is 28.5 Å². The van der Waals surface area contributed by atoms with Crippen LogP contribution in [0.1, 0.15) is 25.3 Å². The van der Waals surface area contributed by atoms with Gasteiger partial charge in [-0.3, -0.25) is 0 Å². The summed E-state index contributed by atoms with van der Waals surface area (Å²) in [7, 11) is 4.81. The minimum Gasteiger partial charge on any atom is -0.497 e. The van der Waals surface area contributed by atoms with Gasteiger partial charge in [0.05, 0.1) is 44.5 Å². The van der Waals surface area contributed by atoms with E-state index in [0.29, 0.717) is 28.2 Å². The molecule has 146 valence electrons. The third-order valence-corrected chi connectivity index (χ3v) is 4.08. The minimum absolute atomic E-state index is 0.223. The Kier molecular flexibility index (Phi) is 6.87. The van der Waals surface area contributed by atoms with Crippen molar-refractivity contribution in [2.75, 3.05) is 34.5 Å². The fourth-order valence-corrected chi connectivity index (χ4v) is 2.96. The summed E-state index contributed by atoms with van der Waals surface area (Å²) >= 11 is 0. The highest BCUT2D eigenvalue weighted by atomic mass is 16.5. The molecule has 0 saturated carbocycles. The summed E-state index contributed by atoms with van der Waals surface area (Å²) in [5.41, 5.74) is 1.25. The predicted octanol–water partition coefficient (Wildman–Crippen LogP) is 2.63. The van der Waals surface area contributed by atoms with Crippen LogP contribution < -0.4 is 9.47 Å². The SMILES string of the molecule is CCOC(=O)C1=CN(C)C=C(C(=O)OCC)C1c1cc(OC)ccc1OC. The number of benzene rings is 1. The van der Waals surface area contributed by atoms with E-state index in [-0.39, 0.29) is 13.2 Å². The zero-order chi connectivity index (χ0) is 20.0. The molecule has 1 aromatic carbocycles. The van der Waals surface area contributed by atoms with Gasteiger partial charge in [0.2, 0.25) is 0 Å². The standard InChI is InChI=1S/C20H25NO6/c1-6-26-19(22)15-11-21(3)12-16(20(23)27-7-2)18(15)14-10-13(24-4)8-9-17(14)25-5/h8-12,18H,6-7H2,1-5H3. The molecule has 1 aromatic rings. The largest absolute Gasteiger partial charge is 0.497 e. The van der Waals surface area contributed by atoms with Crippen LogP contribution in [0.2, 0.25) is 0 Å². The van der Waals surface area contributed by atoms with E-state index >= 15 is 0 Å². The lowest BCUT2D eigenvalue weighted by atomic mass is 9.82. The van der Waals surface area contributed by atoms with Gasteiger partial charge in [0.25, 0.3) is 0 Å². The Morgan fingerprint density at radius 3 is 1.96 bits per heavy atom. The van der Waals surface area contributed by atoms with Gasteiger partial charge in [0.1, 0.15) is 11.5 Å². The van der Waals surface area contributed by atoms with Gasteiger partial charge in [-0.05, 0) is 32.0 Å². The zero-order valence-corrected chi connectivity index (χ0v) is 16.3. The van der Waals surface area contributed by atoms with Crippen molar-refractivity contribution in [1.29, 1.82) is 0 Å². The first-order valence-corrected chi connectivity index (χ1v) is 8.68. The first-order valence-electron chi connectivity index (χ1n) is 8.68. The third-order valence-electron chi connectivity index (χ3n) is 4.08. The average Bonchev–Trinajstić information content (AvgIpc) is 2.67. The van der Waals surface area contributed by atoms with Crippen LogP contribution in [0.25, 0.3) is 0 Å². The van der Waals surface area contributed by atoms with Gasteiger partial charge in [-0.2, -0.15) is 0 Å². The summed E-state index contributed by atoms with van der Waals surface area (Å²) in [5, 5.41) is 0. The molecule has 0 atom stereocenters. The quantitative estimate of drug-likeness (QED) is 0.678. The maximum atomic E-state index is 12.6. The molecule has 0 fully saturated rings. The number of carbonyl (C=O) groups excluding carboxylic acids is 2. The first kappa shape index (κ1) is 20.4. The van der Waals surface area contributed by atoms with E-state index in [2.05, 4.69) is 0 Å². The molecule has 1 aliphatic heterocycles. The highest BCUT2D eigenvalue weighted by Crippen LogP contribution is 2.42. The monoisotopic (exact) mass is 375 g/mol. The van der Waals surface area contributed by atoms with E-state index in [9.17, 15) is 9.59 Å². The fraction of sp³-hybridized carbons (Fsp3) is 0.400. The molecular formula is C20H25NO6. The number of nitrogens with zero attached hydrogens (tertiary/aromatic N) is 1. The van der Waals surface area contributed by atoms with E-state index in [0.717, 1.165) is 0 Å². The van der Waals surface area contributed by atoms with Gasteiger partial charge < -0.3 is 23.8 Å². The molecule has 0 saturated heterocycles. The smallest absolute Gasteiger partial charge is 0.336 e. The molecular weight excluding hydrogens is 350 g/mol. The molecule has 27 heavy (non-hydrogen) atoms. The number of esters is 2. The summed E-state index contributed by atoms with van der Waals surface area (Å²) in [6.07, 6.45) is 3.29. The highest BCUT2D eigenvalue weighted by Gasteiger charge is 2.36. The van der Waals surface area contributed by atoms with E-state index in [4.69, 9.17) is 18.9 Å². The molecule has 0 bridgehead atoms. The summed E-state index contributed by atoms with van der Waals surface area (Å²) < 4.78 is 21.2. The van der Waals surface area contributed by atoms with Crippen molar-refractivity contribution in [3.05, 3.63) is 47.3 Å². The molecule has 0 N–H and O–H groups in total. The number of carbonyl (C=O) groups is 2. The van der Waals surface area contributed by atoms with Crippen molar-refractivity contribution in [3.8, 4) is 11.5 Å². The zero-order valence-electron chi connectivity index (χ0n) is 16.3. The number of ether oxygens (including phenoxy) is 4. The Hall–Kier alpha value is -2.96. The van der Waals surface area contributed by atoms with Crippen LogP contribution in [-0.4, -0.2) is 51.3 Å². The van der Waals surface area contributed by atoms with Crippen molar-refractivity contribution in [2.24, 2.45) is 0 Å². The summed E-state index contributed by atoms with van der Waals surface area (Å²) in [6.45, 7) is 3.91. The van der Waals surface area contributed by atoms with E-state index < -0.39 is 17.9 Å². The molecule has 1 heterocycles. The predicted molar refractivity (Wildman–Crippen MR) is 99.5 cm³/mol. The second-order valence-corrected chi connectivity index (χ2v) is 5.82. The Morgan fingerprint density at radius 1 is 0.963 bits per heavy atom. The van der Waals surface area contributed by atoms with Crippen LogP contribution in [-0.2, 0) is 19.1 Å². The van der Waals surface area contributed by atoms with Gasteiger partial charge in [-0.1, -0.05) is 0 Å². The molecule has 0 amide bonds. The molecule has 7 nitrogen and oxygen atoms in total. The molecule has 1 aliphatic rings. The lowest BCUT2D eigenvalue weighted by molar-refractivity contribution is -0.139. The molecule has 0 aromatic heterocycles. The van der Waals surface area contributed by atoms with Crippen LogP contribution in [0.3, 0.4) is 0 Å². The Labute approximate surface area is 159 Å². The number of rotatable bonds is 7. The van der Waals surface area contributed by atoms with Crippen LogP contribution in [0.15, 0.2) is 41.7 Å². The lowest BCUT2D eigenvalue weighted by Crippen LogP contribution is -2.28. The molecule has 7 heteroatoms. The highest BCUT2D eigenvalue weighted by molar-refractivity contribution is 5.99. The van der Waals surface area contributed by atoms with Gasteiger partial charge in [-0.25, -0.2) is 9.59 Å². The Bertz CT molecular complexity index is 732. The van der Waals surface area contributed by atoms with Gasteiger partial charge in [0, 0.05) is 25.0 Å². The van der Waals surface area contributed by atoms with Crippen LogP contribution in [0, 0.1) is 0 Å². The molecule has 0 unspecified atom stereocenters. The van der Waals surface area contributed by atoms with Gasteiger partial charge in [-0.15, -0.1) is 0 Å². The van der Waals surface area contributed by atoms with Crippen LogP contribution in [0.4, 0.5) is 0 Å². The Morgan fingerprint density at radius 2 is 1.52 bits per heavy atom. The molecule has 2 rings (SSSR count). The maximum Gasteiger partial charge on any atom is 0.336 e. The van der Waals surface area contributed by atoms with Crippen molar-refractivity contribution in [1.82, 2.24) is 4.90 Å². The first-order chi connectivity index (χ1) is 13.0. The lowest BCUT2D eigenvalue weighted by Gasteiger charge is -2.29. The number of methoxy groups -OCH3 is 2. The van der Waals surface area contributed by atoms with Crippen molar-refractivity contribution in [3.63, 3.8) is 0 Å². The minimum atomic E-state index is -0.704. The topological polar surface area (TPSA) is 74.3 Å². The normalized spacial score (nSPS) is 14.2. The van der Waals surface area contributed by atoms with Gasteiger partial charge in [0.15, 0.2) is 0 Å². The average molecular weight is 375 g/mol. The summed E-state index contributed by atoms with van der Waals surface area (Å²) in [6, 6.07) is 5.23.